The number of rotatable bonds is 3. The van der Waals surface area contributed by atoms with E-state index in [0.29, 0.717) is 25.0 Å². The molecule has 0 spiro atoms. The molecular weight excluding hydrogens is 420 g/mol. The first-order chi connectivity index (χ1) is 15.6. The molecule has 0 radical (unpaired) electrons. The van der Waals surface area contributed by atoms with Gasteiger partial charge < -0.3 is 18.9 Å². The van der Waals surface area contributed by atoms with Gasteiger partial charge in [0.2, 0.25) is 0 Å². The summed E-state index contributed by atoms with van der Waals surface area (Å²) in [6, 6.07) is 0. The Morgan fingerprint density at radius 3 is 2.42 bits per heavy atom. The summed E-state index contributed by atoms with van der Waals surface area (Å²) in [7, 11) is 0. The molecule has 6 unspecified atom stereocenters. The van der Waals surface area contributed by atoms with E-state index in [-0.39, 0.29) is 34.8 Å². The number of hydrogen-bond acceptors (Lipinski definition) is 6. The van der Waals surface area contributed by atoms with Crippen molar-refractivity contribution >= 4 is 11.9 Å². The molecule has 1 heterocycles. The van der Waals surface area contributed by atoms with Gasteiger partial charge in [0.05, 0.1) is 13.2 Å². The molecule has 0 aromatic carbocycles. The molecule has 33 heavy (non-hydrogen) atoms. The van der Waals surface area contributed by atoms with Gasteiger partial charge in [-0.2, -0.15) is 0 Å². The lowest BCUT2D eigenvalue weighted by molar-refractivity contribution is -0.222. The van der Waals surface area contributed by atoms with E-state index in [2.05, 4.69) is 32.1 Å². The van der Waals surface area contributed by atoms with Crippen LogP contribution < -0.4 is 0 Å². The van der Waals surface area contributed by atoms with E-state index in [0.717, 1.165) is 37.9 Å². The second kappa shape index (κ2) is 7.81. The van der Waals surface area contributed by atoms with E-state index in [1.165, 1.54) is 25.0 Å². The van der Waals surface area contributed by atoms with E-state index in [1.54, 1.807) is 0 Å². The van der Waals surface area contributed by atoms with Crippen LogP contribution in [0.3, 0.4) is 0 Å². The van der Waals surface area contributed by atoms with E-state index < -0.39 is 5.79 Å². The highest BCUT2D eigenvalue weighted by Crippen LogP contribution is 2.66. The van der Waals surface area contributed by atoms with Gasteiger partial charge in [-0.25, -0.2) is 0 Å². The van der Waals surface area contributed by atoms with Gasteiger partial charge in [-0.15, -0.1) is 0 Å². The Morgan fingerprint density at radius 2 is 1.76 bits per heavy atom. The Bertz CT molecular complexity index is 954. The van der Waals surface area contributed by atoms with Gasteiger partial charge in [-0.1, -0.05) is 31.6 Å². The van der Waals surface area contributed by atoms with Gasteiger partial charge in [0.1, 0.15) is 11.9 Å². The largest absolute Gasteiger partial charge is 0.462 e. The van der Waals surface area contributed by atoms with Crippen LogP contribution in [0.5, 0.6) is 0 Å². The number of fused-ring (bicyclic) bond motifs is 5. The minimum absolute atomic E-state index is 0.0461. The summed E-state index contributed by atoms with van der Waals surface area (Å²) in [4.78, 5) is 23.7. The molecule has 1 saturated carbocycles. The third-order valence-corrected chi connectivity index (χ3v) is 9.29. The molecule has 6 atom stereocenters. The molecule has 0 aromatic rings. The summed E-state index contributed by atoms with van der Waals surface area (Å²) in [6.45, 7) is 10.8. The fraction of sp³-hybridized carbons (Fsp3) is 0.704. The lowest BCUT2D eigenvalue weighted by Crippen LogP contribution is -2.57. The van der Waals surface area contributed by atoms with Gasteiger partial charge in [-0.05, 0) is 61.5 Å². The van der Waals surface area contributed by atoms with Crippen LogP contribution in [0, 0.1) is 28.6 Å². The van der Waals surface area contributed by atoms with Crippen molar-refractivity contribution in [3.05, 3.63) is 35.1 Å². The monoisotopic (exact) mass is 456 g/mol. The van der Waals surface area contributed by atoms with Gasteiger partial charge in [0.15, 0.2) is 5.79 Å². The first-order valence-electron chi connectivity index (χ1n) is 12.3. The van der Waals surface area contributed by atoms with Crippen LogP contribution in [0.4, 0.5) is 0 Å². The quantitative estimate of drug-likeness (QED) is 0.447. The summed E-state index contributed by atoms with van der Waals surface area (Å²) in [6.07, 6.45) is 10.9. The summed E-state index contributed by atoms with van der Waals surface area (Å²) in [5.41, 5.74) is 2.29. The predicted octanol–water partition coefficient (Wildman–Crippen LogP) is 4.85. The van der Waals surface area contributed by atoms with E-state index in [4.69, 9.17) is 18.9 Å². The summed E-state index contributed by atoms with van der Waals surface area (Å²) in [5.74, 6) is 0.445. The molecule has 1 aliphatic heterocycles. The normalized spacial score (nSPS) is 41.1. The van der Waals surface area contributed by atoms with Crippen molar-refractivity contribution in [1.82, 2.24) is 0 Å². The van der Waals surface area contributed by atoms with Crippen LogP contribution in [0.2, 0.25) is 0 Å². The van der Waals surface area contributed by atoms with Crippen LogP contribution in [-0.2, 0) is 28.5 Å². The zero-order valence-electron chi connectivity index (χ0n) is 20.4. The zero-order valence-corrected chi connectivity index (χ0v) is 20.4. The molecule has 0 N–H and O–H groups in total. The highest BCUT2D eigenvalue weighted by molar-refractivity contribution is 5.67. The molecule has 4 aliphatic carbocycles. The van der Waals surface area contributed by atoms with Gasteiger partial charge in [0.25, 0.3) is 0 Å². The van der Waals surface area contributed by atoms with Crippen molar-refractivity contribution < 1.29 is 28.5 Å². The van der Waals surface area contributed by atoms with E-state index in [9.17, 15) is 9.59 Å². The maximum Gasteiger partial charge on any atom is 0.307 e. The van der Waals surface area contributed by atoms with Crippen LogP contribution in [-0.4, -0.2) is 37.0 Å². The number of esters is 2. The lowest BCUT2D eigenvalue weighted by Gasteiger charge is -2.58. The number of ether oxygens (including phenoxy) is 4. The Labute approximate surface area is 196 Å². The molecule has 6 nitrogen and oxygen atoms in total. The van der Waals surface area contributed by atoms with Gasteiger partial charge in [0, 0.05) is 31.6 Å². The Balaban J connectivity index is 1.53. The van der Waals surface area contributed by atoms with Crippen molar-refractivity contribution in [2.24, 2.45) is 28.6 Å². The van der Waals surface area contributed by atoms with Crippen LogP contribution in [0.15, 0.2) is 35.1 Å². The Hall–Kier alpha value is -1.92. The molecule has 2 fully saturated rings. The molecule has 0 aromatic heterocycles. The molecular formula is C27H36O6. The second-order valence-corrected chi connectivity index (χ2v) is 11.0. The average molecular weight is 457 g/mol. The number of carbonyl (C=O) groups is 2. The third-order valence-electron chi connectivity index (χ3n) is 9.29. The molecule has 0 bridgehead atoms. The topological polar surface area (TPSA) is 71.1 Å². The second-order valence-electron chi connectivity index (χ2n) is 11.0. The molecule has 5 aliphatic rings. The van der Waals surface area contributed by atoms with Gasteiger partial charge >= 0.3 is 11.9 Å². The van der Waals surface area contributed by atoms with Crippen molar-refractivity contribution in [1.29, 1.82) is 0 Å². The van der Waals surface area contributed by atoms with Gasteiger partial charge in [-0.3, -0.25) is 9.59 Å². The number of allylic oxidation sites excluding steroid dienone is 5. The first-order valence-corrected chi connectivity index (χ1v) is 12.3. The summed E-state index contributed by atoms with van der Waals surface area (Å²) >= 11 is 0. The Kier molecular flexibility index (Phi) is 5.41. The third kappa shape index (κ3) is 3.44. The van der Waals surface area contributed by atoms with Crippen molar-refractivity contribution in [3.63, 3.8) is 0 Å². The molecule has 180 valence electrons. The van der Waals surface area contributed by atoms with Crippen LogP contribution in [0.1, 0.15) is 66.7 Å². The number of hydrogen-bond donors (Lipinski definition) is 0. The molecule has 6 heteroatoms. The van der Waals surface area contributed by atoms with Crippen molar-refractivity contribution in [2.45, 2.75) is 78.6 Å². The van der Waals surface area contributed by atoms with Crippen LogP contribution in [0.25, 0.3) is 0 Å². The number of carbonyl (C=O) groups excluding carboxylic acids is 2. The molecule has 1 saturated heterocycles. The van der Waals surface area contributed by atoms with Crippen LogP contribution >= 0.6 is 0 Å². The van der Waals surface area contributed by atoms with E-state index in [1.807, 2.05) is 6.92 Å². The smallest absolute Gasteiger partial charge is 0.307 e. The first kappa shape index (κ1) is 22.9. The average Bonchev–Trinajstić information content (AvgIpc) is 3.33. The SMILES string of the molecule is CC(=O)OC1=CC2=CCC3C4=CCC(C5(C)OCCO5)C4(C)C(OC(C)=O)CC3C2(C)CC1. The zero-order chi connectivity index (χ0) is 23.6. The minimum Gasteiger partial charge on any atom is -0.462 e. The Morgan fingerprint density at radius 1 is 1.03 bits per heavy atom. The standard InChI is InChI=1S/C27H36O6/c1-16(28)32-19-10-11-25(3)18(14-19)6-7-20-21-8-9-23(27(5)30-12-13-31-27)26(21,4)24(15-22(20)25)33-17(2)29/h6,8,14,20,22-24H,7,9-13,15H2,1-5H3. The van der Waals surface area contributed by atoms with Crippen molar-refractivity contribution in [3.8, 4) is 0 Å². The lowest BCUT2D eigenvalue weighted by atomic mass is 9.48. The maximum atomic E-state index is 12.2. The van der Waals surface area contributed by atoms with Crippen molar-refractivity contribution in [2.75, 3.05) is 13.2 Å². The summed E-state index contributed by atoms with van der Waals surface area (Å²) < 4.78 is 23.8. The molecule has 5 rings (SSSR count). The highest BCUT2D eigenvalue weighted by atomic mass is 16.7. The summed E-state index contributed by atoms with van der Waals surface area (Å²) in [5, 5.41) is 0. The predicted molar refractivity (Wildman–Crippen MR) is 122 cm³/mol. The highest BCUT2D eigenvalue weighted by Gasteiger charge is 2.64. The maximum absolute atomic E-state index is 12.2. The fourth-order valence-corrected chi connectivity index (χ4v) is 7.73. The fourth-order valence-electron chi connectivity index (χ4n) is 7.73. The van der Waals surface area contributed by atoms with E-state index >= 15 is 0 Å². The minimum atomic E-state index is -0.662. The molecule has 0 amide bonds.